The molecule has 0 fully saturated rings. The highest BCUT2D eigenvalue weighted by atomic mass is 79.9. The molecule has 1 N–H and O–H groups in total. The molecule has 0 unspecified atom stereocenters. The fourth-order valence-corrected chi connectivity index (χ4v) is 2.62. The number of ether oxygens (including phenoxy) is 1. The lowest BCUT2D eigenvalue weighted by molar-refractivity contribution is -0.118. The minimum absolute atomic E-state index is 0.0170. The molecule has 0 bridgehead atoms. The lowest BCUT2D eigenvalue weighted by Crippen LogP contribution is -2.25. The van der Waals surface area contributed by atoms with Gasteiger partial charge in [-0.05, 0) is 12.1 Å². The van der Waals surface area contributed by atoms with Crippen LogP contribution in [0.3, 0.4) is 0 Å². The second kappa shape index (κ2) is 4.75. The summed E-state index contributed by atoms with van der Waals surface area (Å²) < 4.78 is 7.68. The van der Waals surface area contributed by atoms with Gasteiger partial charge in [0.05, 0.1) is 11.3 Å². The molecule has 0 saturated heterocycles. The molecule has 6 nitrogen and oxygen atoms in total. The standard InChI is InChI=1S/C13H10BrN3O3/c1-17-4-7(5-18)13(16-17)8-2-11-10(3-9(8)14)15-12(19)6-20-11/h2-5H,6H2,1H3,(H,15,19). The Balaban J connectivity index is 2.15. The summed E-state index contributed by atoms with van der Waals surface area (Å²) in [6, 6.07) is 3.50. The molecular formula is C13H10BrN3O3. The minimum Gasteiger partial charge on any atom is -0.482 e. The number of rotatable bonds is 2. The molecular weight excluding hydrogens is 326 g/mol. The van der Waals surface area contributed by atoms with Gasteiger partial charge in [0.2, 0.25) is 0 Å². The number of halogens is 1. The zero-order valence-electron chi connectivity index (χ0n) is 10.5. The van der Waals surface area contributed by atoms with Crippen LogP contribution in [0.5, 0.6) is 5.75 Å². The van der Waals surface area contributed by atoms with Crippen molar-refractivity contribution >= 4 is 33.8 Å². The van der Waals surface area contributed by atoms with Gasteiger partial charge in [-0.15, -0.1) is 0 Å². The number of nitrogens with one attached hydrogen (secondary N) is 1. The summed E-state index contributed by atoms with van der Waals surface area (Å²) in [5.41, 5.74) is 2.40. The maximum Gasteiger partial charge on any atom is 0.262 e. The molecule has 20 heavy (non-hydrogen) atoms. The van der Waals surface area contributed by atoms with Gasteiger partial charge in [-0.2, -0.15) is 5.10 Å². The van der Waals surface area contributed by atoms with Crippen LogP contribution in [0.4, 0.5) is 5.69 Å². The Kier molecular flexibility index (Phi) is 3.06. The Morgan fingerprint density at radius 1 is 1.50 bits per heavy atom. The summed E-state index contributed by atoms with van der Waals surface area (Å²) in [6.45, 7) is -0.0170. The van der Waals surface area contributed by atoms with Crippen molar-refractivity contribution in [3.05, 3.63) is 28.4 Å². The molecule has 0 aliphatic carbocycles. The predicted octanol–water partition coefficient (Wildman–Crippen LogP) is 1.99. The molecule has 1 aliphatic rings. The monoisotopic (exact) mass is 335 g/mol. The van der Waals surface area contributed by atoms with E-state index in [-0.39, 0.29) is 12.5 Å². The highest BCUT2D eigenvalue weighted by molar-refractivity contribution is 9.10. The van der Waals surface area contributed by atoms with Crippen molar-refractivity contribution < 1.29 is 14.3 Å². The van der Waals surface area contributed by atoms with Crippen molar-refractivity contribution in [2.24, 2.45) is 7.05 Å². The molecule has 0 atom stereocenters. The number of nitrogens with zero attached hydrogens (tertiary/aromatic N) is 2. The summed E-state index contributed by atoms with van der Waals surface area (Å²) in [6.07, 6.45) is 2.41. The van der Waals surface area contributed by atoms with E-state index in [2.05, 4.69) is 26.3 Å². The van der Waals surface area contributed by atoms with Crippen LogP contribution >= 0.6 is 15.9 Å². The molecule has 0 radical (unpaired) electrons. The summed E-state index contributed by atoms with van der Waals surface area (Å²) in [5, 5.41) is 7.01. The van der Waals surface area contributed by atoms with Gasteiger partial charge in [0.15, 0.2) is 12.9 Å². The van der Waals surface area contributed by atoms with Crippen molar-refractivity contribution in [2.75, 3.05) is 11.9 Å². The first-order valence-electron chi connectivity index (χ1n) is 5.84. The van der Waals surface area contributed by atoms with Gasteiger partial charge in [0.1, 0.15) is 11.4 Å². The van der Waals surface area contributed by atoms with Crippen LogP contribution in [-0.2, 0) is 11.8 Å². The first kappa shape index (κ1) is 12.9. The zero-order chi connectivity index (χ0) is 14.3. The number of carbonyl (C=O) groups is 2. The first-order valence-corrected chi connectivity index (χ1v) is 6.63. The molecule has 1 aromatic heterocycles. The van der Waals surface area contributed by atoms with Crippen LogP contribution in [0, 0.1) is 0 Å². The Labute approximate surface area is 122 Å². The lowest BCUT2D eigenvalue weighted by Gasteiger charge is -2.19. The molecule has 3 rings (SSSR count). The van der Waals surface area contributed by atoms with E-state index < -0.39 is 0 Å². The number of amides is 1. The van der Waals surface area contributed by atoms with Gasteiger partial charge in [-0.3, -0.25) is 14.3 Å². The third kappa shape index (κ3) is 2.09. The van der Waals surface area contributed by atoms with Gasteiger partial charge >= 0.3 is 0 Å². The van der Waals surface area contributed by atoms with Crippen LogP contribution in [-0.4, -0.2) is 28.6 Å². The smallest absolute Gasteiger partial charge is 0.262 e. The fraction of sp³-hybridized carbons (Fsp3) is 0.154. The lowest BCUT2D eigenvalue weighted by atomic mass is 10.1. The molecule has 1 aromatic carbocycles. The largest absolute Gasteiger partial charge is 0.482 e. The molecule has 1 aliphatic heterocycles. The summed E-state index contributed by atoms with van der Waals surface area (Å²) >= 11 is 3.43. The number of anilines is 1. The van der Waals surface area contributed by atoms with Crippen LogP contribution in [0.1, 0.15) is 10.4 Å². The molecule has 1 amide bonds. The minimum atomic E-state index is -0.191. The second-order valence-corrected chi connectivity index (χ2v) is 5.24. The number of aromatic nitrogens is 2. The van der Waals surface area contributed by atoms with Crippen molar-refractivity contribution in [3.63, 3.8) is 0 Å². The summed E-state index contributed by atoms with van der Waals surface area (Å²) in [4.78, 5) is 22.4. The van der Waals surface area contributed by atoms with Gasteiger partial charge in [-0.25, -0.2) is 0 Å². The number of carbonyl (C=O) groups excluding carboxylic acids is 2. The number of hydrogen-bond donors (Lipinski definition) is 1. The highest BCUT2D eigenvalue weighted by Crippen LogP contribution is 2.38. The Hall–Kier alpha value is -2.15. The van der Waals surface area contributed by atoms with Gasteiger partial charge in [-0.1, -0.05) is 15.9 Å². The van der Waals surface area contributed by atoms with Gasteiger partial charge < -0.3 is 10.1 Å². The summed E-state index contributed by atoms with van der Waals surface area (Å²) in [7, 11) is 1.75. The van der Waals surface area contributed by atoms with Crippen LogP contribution in [0.2, 0.25) is 0 Å². The topological polar surface area (TPSA) is 73.2 Å². The second-order valence-electron chi connectivity index (χ2n) is 4.39. The molecule has 0 spiro atoms. The van der Waals surface area contributed by atoms with Gasteiger partial charge in [0.25, 0.3) is 5.91 Å². The van der Waals surface area contributed by atoms with E-state index in [1.54, 1.807) is 30.1 Å². The number of aryl methyl sites for hydroxylation is 1. The first-order chi connectivity index (χ1) is 9.58. The number of hydrogen-bond acceptors (Lipinski definition) is 4. The Morgan fingerprint density at radius 2 is 2.30 bits per heavy atom. The fourth-order valence-electron chi connectivity index (χ4n) is 2.08. The Bertz CT molecular complexity index is 724. The predicted molar refractivity (Wildman–Crippen MR) is 75.9 cm³/mol. The maximum atomic E-state index is 11.3. The van der Waals surface area contributed by atoms with E-state index in [4.69, 9.17) is 4.74 Å². The molecule has 102 valence electrons. The van der Waals surface area contributed by atoms with E-state index >= 15 is 0 Å². The van der Waals surface area contributed by atoms with Gasteiger partial charge in [0, 0.05) is 23.3 Å². The van der Waals surface area contributed by atoms with E-state index in [0.717, 1.165) is 16.3 Å². The van der Waals surface area contributed by atoms with E-state index in [1.165, 1.54) is 0 Å². The number of fused-ring (bicyclic) bond motifs is 1. The van der Waals surface area contributed by atoms with E-state index in [1.807, 2.05) is 0 Å². The SMILES string of the molecule is Cn1cc(C=O)c(-c2cc3c(cc2Br)NC(=O)CO3)n1. The van der Waals surface area contributed by atoms with Crippen LogP contribution in [0.25, 0.3) is 11.3 Å². The zero-order valence-corrected chi connectivity index (χ0v) is 12.1. The third-order valence-corrected chi connectivity index (χ3v) is 3.60. The number of aldehydes is 1. The normalized spacial score (nSPS) is 13.4. The Morgan fingerprint density at radius 3 is 3.05 bits per heavy atom. The average Bonchev–Trinajstić information content (AvgIpc) is 2.79. The van der Waals surface area contributed by atoms with E-state index in [0.29, 0.717) is 22.7 Å². The van der Waals surface area contributed by atoms with Crippen molar-refractivity contribution in [1.29, 1.82) is 0 Å². The van der Waals surface area contributed by atoms with Crippen molar-refractivity contribution in [3.8, 4) is 17.0 Å². The number of benzene rings is 1. The molecule has 7 heteroatoms. The van der Waals surface area contributed by atoms with Crippen LogP contribution < -0.4 is 10.1 Å². The summed E-state index contributed by atoms with van der Waals surface area (Å²) in [5.74, 6) is 0.369. The molecule has 2 aromatic rings. The highest BCUT2D eigenvalue weighted by Gasteiger charge is 2.20. The molecule has 2 heterocycles. The maximum absolute atomic E-state index is 11.3. The van der Waals surface area contributed by atoms with Crippen molar-refractivity contribution in [2.45, 2.75) is 0 Å². The van der Waals surface area contributed by atoms with Crippen molar-refractivity contribution in [1.82, 2.24) is 9.78 Å². The quantitative estimate of drug-likeness (QED) is 0.852. The third-order valence-electron chi connectivity index (χ3n) is 2.94. The molecule has 0 saturated carbocycles. The van der Waals surface area contributed by atoms with Crippen LogP contribution in [0.15, 0.2) is 22.8 Å². The average molecular weight is 336 g/mol. The van der Waals surface area contributed by atoms with E-state index in [9.17, 15) is 9.59 Å².